The fourth-order valence-electron chi connectivity index (χ4n) is 3.16. The Bertz CT molecular complexity index is 830. The van der Waals surface area contributed by atoms with Crippen molar-refractivity contribution in [1.29, 1.82) is 0 Å². The van der Waals surface area contributed by atoms with Crippen molar-refractivity contribution in [1.82, 2.24) is 9.88 Å². The average Bonchev–Trinajstić information content (AvgIpc) is 3.09. The van der Waals surface area contributed by atoms with Gasteiger partial charge in [0.15, 0.2) is 0 Å². The van der Waals surface area contributed by atoms with E-state index in [2.05, 4.69) is 9.88 Å². The van der Waals surface area contributed by atoms with Gasteiger partial charge in [0, 0.05) is 18.2 Å². The number of hydrogen-bond acceptors (Lipinski definition) is 3. The highest BCUT2D eigenvalue weighted by Crippen LogP contribution is 2.25. The molecule has 0 radical (unpaired) electrons. The Labute approximate surface area is 153 Å². The van der Waals surface area contributed by atoms with Gasteiger partial charge in [-0.1, -0.05) is 18.2 Å². The molecular weight excluding hydrogens is 331 g/mol. The van der Waals surface area contributed by atoms with Crippen molar-refractivity contribution in [3.05, 3.63) is 66.1 Å². The summed E-state index contributed by atoms with van der Waals surface area (Å²) in [5.74, 6) is 0.595. The third kappa shape index (κ3) is 4.23. The molecule has 2 aromatic carbocycles. The zero-order valence-corrected chi connectivity index (χ0v) is 15.0. The third-order valence-electron chi connectivity index (χ3n) is 4.60. The van der Waals surface area contributed by atoms with Crippen LogP contribution in [0.4, 0.5) is 4.39 Å². The lowest BCUT2D eigenvalue weighted by molar-refractivity contribution is 0.244. The molecule has 1 unspecified atom stereocenters. The summed E-state index contributed by atoms with van der Waals surface area (Å²) in [5, 5.41) is 12.8. The highest BCUT2D eigenvalue weighted by Gasteiger charge is 2.15. The number of nitrogens with zero attached hydrogens (tertiary/aromatic N) is 1. The summed E-state index contributed by atoms with van der Waals surface area (Å²) in [6.45, 7) is 1.49. The standard InChI is InChI=1S/C21H25FN2O2/c1-23-12-9-17(15-26-18-7-5-16(6-8-18)11-14-25)24-13-10-19-20(22)3-2-4-21(19)24/h2-8,10,13,17,23,25H,9,11-12,14-15H2,1H3. The molecule has 0 saturated carbocycles. The van der Waals surface area contributed by atoms with Crippen molar-refractivity contribution in [3.8, 4) is 5.75 Å². The molecule has 0 saturated heterocycles. The lowest BCUT2D eigenvalue weighted by Crippen LogP contribution is -2.21. The third-order valence-corrected chi connectivity index (χ3v) is 4.60. The molecule has 3 rings (SSSR count). The van der Waals surface area contributed by atoms with Gasteiger partial charge in [-0.3, -0.25) is 0 Å². The predicted octanol–water partition coefficient (Wildman–Crippen LogP) is 3.54. The number of ether oxygens (including phenoxy) is 1. The van der Waals surface area contributed by atoms with Gasteiger partial charge < -0.3 is 19.7 Å². The molecular formula is C21H25FN2O2. The summed E-state index contributed by atoms with van der Waals surface area (Å²) in [4.78, 5) is 0. The molecule has 2 N–H and O–H groups in total. The summed E-state index contributed by atoms with van der Waals surface area (Å²) in [7, 11) is 1.92. The van der Waals surface area contributed by atoms with E-state index >= 15 is 0 Å². The molecule has 0 aliphatic rings. The Morgan fingerprint density at radius 1 is 1.15 bits per heavy atom. The van der Waals surface area contributed by atoms with Crippen LogP contribution in [-0.4, -0.2) is 36.5 Å². The van der Waals surface area contributed by atoms with E-state index in [4.69, 9.17) is 9.84 Å². The first-order chi connectivity index (χ1) is 12.7. The summed E-state index contributed by atoms with van der Waals surface area (Å²) in [6, 6.07) is 14.9. The predicted molar refractivity (Wildman–Crippen MR) is 102 cm³/mol. The van der Waals surface area contributed by atoms with Gasteiger partial charge in [-0.2, -0.15) is 0 Å². The molecule has 0 aliphatic heterocycles. The highest BCUT2D eigenvalue weighted by molar-refractivity contribution is 5.80. The second-order valence-electron chi connectivity index (χ2n) is 6.37. The number of halogens is 1. The zero-order valence-electron chi connectivity index (χ0n) is 15.0. The Kier molecular flexibility index (Phi) is 6.26. The molecule has 26 heavy (non-hydrogen) atoms. The van der Waals surface area contributed by atoms with Crippen LogP contribution in [0.5, 0.6) is 5.75 Å². The summed E-state index contributed by atoms with van der Waals surface area (Å²) in [6.07, 6.45) is 3.45. The topological polar surface area (TPSA) is 46.4 Å². The number of benzene rings is 2. The van der Waals surface area contributed by atoms with Crippen molar-refractivity contribution in [3.63, 3.8) is 0 Å². The van der Waals surface area contributed by atoms with Gasteiger partial charge in [-0.25, -0.2) is 4.39 Å². The van der Waals surface area contributed by atoms with E-state index < -0.39 is 0 Å². The van der Waals surface area contributed by atoms with Crippen molar-refractivity contribution in [2.45, 2.75) is 18.9 Å². The Hall–Kier alpha value is -2.37. The number of fused-ring (bicyclic) bond motifs is 1. The maximum atomic E-state index is 14.0. The van der Waals surface area contributed by atoms with Crippen LogP contribution in [0, 0.1) is 5.82 Å². The molecule has 1 heterocycles. The van der Waals surface area contributed by atoms with Crippen molar-refractivity contribution >= 4 is 10.9 Å². The molecule has 0 spiro atoms. The molecule has 1 aromatic heterocycles. The molecule has 4 nitrogen and oxygen atoms in total. The lowest BCUT2D eigenvalue weighted by Gasteiger charge is -2.21. The number of aromatic nitrogens is 1. The van der Waals surface area contributed by atoms with Crippen LogP contribution in [0.25, 0.3) is 10.9 Å². The molecule has 0 fully saturated rings. The molecule has 0 amide bonds. The molecule has 0 bridgehead atoms. The Morgan fingerprint density at radius 2 is 1.96 bits per heavy atom. The normalized spacial score (nSPS) is 12.4. The highest BCUT2D eigenvalue weighted by atomic mass is 19.1. The van der Waals surface area contributed by atoms with Crippen LogP contribution in [0.1, 0.15) is 18.0 Å². The van der Waals surface area contributed by atoms with E-state index in [1.54, 1.807) is 6.07 Å². The van der Waals surface area contributed by atoms with Gasteiger partial charge in [0.05, 0.1) is 11.6 Å². The number of hydrogen-bond donors (Lipinski definition) is 2. The summed E-state index contributed by atoms with van der Waals surface area (Å²) in [5.41, 5.74) is 1.96. The SMILES string of the molecule is CNCCC(COc1ccc(CCO)cc1)n1ccc2c(F)cccc21. The van der Waals surface area contributed by atoms with Gasteiger partial charge in [0.2, 0.25) is 0 Å². The van der Waals surface area contributed by atoms with E-state index in [9.17, 15) is 4.39 Å². The summed E-state index contributed by atoms with van der Waals surface area (Å²) < 4.78 is 22.1. The van der Waals surface area contributed by atoms with Gasteiger partial charge in [0.1, 0.15) is 18.2 Å². The van der Waals surface area contributed by atoms with Crippen molar-refractivity contribution < 1.29 is 14.2 Å². The minimum absolute atomic E-state index is 0.0962. The van der Waals surface area contributed by atoms with E-state index in [0.29, 0.717) is 18.4 Å². The lowest BCUT2D eigenvalue weighted by atomic mass is 10.1. The first kappa shape index (κ1) is 18.4. The average molecular weight is 356 g/mol. The van der Waals surface area contributed by atoms with Crippen molar-refractivity contribution in [2.24, 2.45) is 0 Å². The monoisotopic (exact) mass is 356 g/mol. The largest absolute Gasteiger partial charge is 0.491 e. The maximum Gasteiger partial charge on any atom is 0.132 e. The minimum Gasteiger partial charge on any atom is -0.491 e. The number of aliphatic hydroxyl groups excluding tert-OH is 1. The fourth-order valence-corrected chi connectivity index (χ4v) is 3.16. The second kappa shape index (κ2) is 8.83. The first-order valence-electron chi connectivity index (χ1n) is 8.95. The van der Waals surface area contributed by atoms with E-state index in [1.165, 1.54) is 6.07 Å². The van der Waals surface area contributed by atoms with Crippen LogP contribution < -0.4 is 10.1 Å². The van der Waals surface area contributed by atoms with E-state index in [-0.39, 0.29) is 18.5 Å². The molecule has 0 aliphatic carbocycles. The van der Waals surface area contributed by atoms with E-state index in [0.717, 1.165) is 29.8 Å². The number of aliphatic hydroxyl groups is 1. The molecule has 5 heteroatoms. The first-order valence-corrected chi connectivity index (χ1v) is 8.95. The van der Waals surface area contributed by atoms with Crippen molar-refractivity contribution in [2.75, 3.05) is 26.8 Å². The zero-order chi connectivity index (χ0) is 18.4. The van der Waals surface area contributed by atoms with Crippen LogP contribution in [0.15, 0.2) is 54.7 Å². The fraction of sp³-hybridized carbons (Fsp3) is 0.333. The van der Waals surface area contributed by atoms with Crippen LogP contribution in [-0.2, 0) is 6.42 Å². The van der Waals surface area contributed by atoms with Gasteiger partial charge in [0.25, 0.3) is 0 Å². The Balaban J connectivity index is 1.76. The van der Waals surface area contributed by atoms with Gasteiger partial charge in [-0.05, 0) is 62.3 Å². The number of nitrogens with one attached hydrogen (secondary N) is 1. The van der Waals surface area contributed by atoms with Gasteiger partial charge >= 0.3 is 0 Å². The second-order valence-corrected chi connectivity index (χ2v) is 6.37. The van der Waals surface area contributed by atoms with Crippen LogP contribution in [0.3, 0.4) is 0 Å². The minimum atomic E-state index is -0.200. The molecule has 1 atom stereocenters. The Morgan fingerprint density at radius 3 is 2.69 bits per heavy atom. The molecule has 3 aromatic rings. The smallest absolute Gasteiger partial charge is 0.132 e. The molecule has 138 valence electrons. The van der Waals surface area contributed by atoms with Crippen LogP contribution in [0.2, 0.25) is 0 Å². The quantitative estimate of drug-likeness (QED) is 0.616. The maximum absolute atomic E-state index is 14.0. The summed E-state index contributed by atoms with van der Waals surface area (Å²) >= 11 is 0. The number of rotatable bonds is 9. The van der Waals surface area contributed by atoms with Crippen LogP contribution >= 0.6 is 0 Å². The van der Waals surface area contributed by atoms with Gasteiger partial charge in [-0.15, -0.1) is 0 Å². The van der Waals surface area contributed by atoms with E-state index in [1.807, 2.05) is 49.6 Å².